The molecule has 8 heteroatoms. The van der Waals surface area contributed by atoms with Gasteiger partial charge in [-0.3, -0.25) is 4.99 Å². The van der Waals surface area contributed by atoms with Crippen LogP contribution in [0, 0.1) is 5.82 Å². The first-order valence-corrected chi connectivity index (χ1v) is 9.30. The molecule has 1 atom stereocenters. The van der Waals surface area contributed by atoms with Crippen molar-refractivity contribution >= 4 is 29.9 Å². The van der Waals surface area contributed by atoms with Crippen LogP contribution in [0.25, 0.3) is 0 Å². The topological polar surface area (TPSA) is 75.1 Å². The average molecular weight is 495 g/mol. The molecule has 1 aliphatic heterocycles. The Balaban J connectivity index is 0.00000364. The molecule has 0 spiro atoms. The van der Waals surface area contributed by atoms with Gasteiger partial charge in [-0.05, 0) is 25.5 Å². The van der Waals surface area contributed by atoms with Crippen molar-refractivity contribution in [3.63, 3.8) is 0 Å². The molecular formula is C19H31FIN3O3. The second kappa shape index (κ2) is 12.4. The highest BCUT2D eigenvalue weighted by Gasteiger charge is 2.29. The third-order valence-corrected chi connectivity index (χ3v) is 4.38. The Morgan fingerprint density at radius 2 is 2.00 bits per heavy atom. The standard InChI is InChI=1S/C19H30FN3O3.HI/c1-3-15(26-17-8-6-5-7-16(17)20)13-22-18(21-4-2)23-14-19(24)9-11-25-12-10-19;/h5-8,15,24H,3-4,9-14H2,1-2H3,(H2,21,22,23);1H. The summed E-state index contributed by atoms with van der Waals surface area (Å²) in [6.45, 7) is 6.59. The van der Waals surface area contributed by atoms with E-state index >= 15 is 0 Å². The molecule has 1 aromatic carbocycles. The quantitative estimate of drug-likeness (QED) is 0.294. The van der Waals surface area contributed by atoms with E-state index in [4.69, 9.17) is 9.47 Å². The van der Waals surface area contributed by atoms with Crippen molar-refractivity contribution in [2.45, 2.75) is 44.8 Å². The Labute approximate surface area is 177 Å². The number of rotatable bonds is 8. The number of nitrogens with zero attached hydrogens (tertiary/aromatic N) is 1. The number of hydrogen-bond donors (Lipinski definition) is 3. The summed E-state index contributed by atoms with van der Waals surface area (Å²) in [6, 6.07) is 6.39. The van der Waals surface area contributed by atoms with Crippen molar-refractivity contribution in [2.75, 3.05) is 32.8 Å². The lowest BCUT2D eigenvalue weighted by Gasteiger charge is -2.30. The molecule has 0 aliphatic carbocycles. The summed E-state index contributed by atoms with van der Waals surface area (Å²) in [5.74, 6) is 0.496. The minimum atomic E-state index is -0.811. The Bertz CT molecular complexity index is 583. The zero-order valence-corrected chi connectivity index (χ0v) is 18.4. The van der Waals surface area contributed by atoms with Crippen LogP contribution in [-0.4, -0.2) is 55.6 Å². The van der Waals surface area contributed by atoms with Gasteiger partial charge in [-0.15, -0.1) is 24.0 Å². The van der Waals surface area contributed by atoms with E-state index in [1.165, 1.54) is 6.07 Å². The maximum Gasteiger partial charge on any atom is 0.191 e. The summed E-state index contributed by atoms with van der Waals surface area (Å²) in [4.78, 5) is 4.50. The van der Waals surface area contributed by atoms with Gasteiger partial charge >= 0.3 is 0 Å². The molecule has 1 aromatic rings. The zero-order chi connectivity index (χ0) is 18.8. The fourth-order valence-corrected chi connectivity index (χ4v) is 2.68. The van der Waals surface area contributed by atoms with E-state index in [9.17, 15) is 9.50 Å². The first kappa shape index (κ1) is 23.9. The molecule has 0 amide bonds. The number of para-hydroxylation sites is 1. The van der Waals surface area contributed by atoms with E-state index in [0.717, 1.165) is 6.42 Å². The average Bonchev–Trinajstić information content (AvgIpc) is 2.65. The second-order valence-electron chi connectivity index (χ2n) is 6.49. The highest BCUT2D eigenvalue weighted by molar-refractivity contribution is 14.0. The van der Waals surface area contributed by atoms with Gasteiger partial charge in [-0.1, -0.05) is 19.1 Å². The van der Waals surface area contributed by atoms with Crippen LogP contribution in [0.3, 0.4) is 0 Å². The van der Waals surface area contributed by atoms with E-state index in [-0.39, 0.29) is 41.6 Å². The first-order chi connectivity index (χ1) is 12.6. The number of aliphatic hydroxyl groups is 1. The minimum absolute atomic E-state index is 0. The number of ether oxygens (including phenoxy) is 2. The zero-order valence-electron chi connectivity index (χ0n) is 16.0. The van der Waals surface area contributed by atoms with Crippen molar-refractivity contribution in [3.05, 3.63) is 30.1 Å². The molecule has 0 aromatic heterocycles. The number of aliphatic imine (C=N–C) groups is 1. The van der Waals surface area contributed by atoms with Crippen molar-refractivity contribution in [3.8, 4) is 5.75 Å². The number of hydrogen-bond acceptors (Lipinski definition) is 4. The molecule has 6 nitrogen and oxygen atoms in total. The Morgan fingerprint density at radius 1 is 1.30 bits per heavy atom. The van der Waals surface area contributed by atoms with Crippen molar-refractivity contribution < 1.29 is 19.0 Å². The first-order valence-electron chi connectivity index (χ1n) is 9.30. The SMILES string of the molecule is CCNC(=NCC1(O)CCOCC1)NCC(CC)Oc1ccccc1F.I. The Morgan fingerprint density at radius 3 is 2.63 bits per heavy atom. The highest BCUT2D eigenvalue weighted by Crippen LogP contribution is 2.20. The minimum Gasteiger partial charge on any atom is -0.486 e. The van der Waals surface area contributed by atoms with E-state index in [1.807, 2.05) is 13.8 Å². The molecule has 1 saturated heterocycles. The lowest BCUT2D eigenvalue weighted by atomic mass is 9.95. The van der Waals surface area contributed by atoms with Crippen LogP contribution in [0.2, 0.25) is 0 Å². The van der Waals surface area contributed by atoms with Crippen molar-refractivity contribution in [2.24, 2.45) is 4.99 Å². The van der Waals surface area contributed by atoms with Crippen LogP contribution in [-0.2, 0) is 4.74 Å². The van der Waals surface area contributed by atoms with Gasteiger partial charge in [-0.25, -0.2) is 4.39 Å². The number of guanidine groups is 1. The summed E-state index contributed by atoms with van der Waals surface area (Å²) in [5.41, 5.74) is -0.811. The highest BCUT2D eigenvalue weighted by atomic mass is 127. The fraction of sp³-hybridized carbons (Fsp3) is 0.632. The summed E-state index contributed by atoms with van der Waals surface area (Å²) in [6.07, 6.45) is 1.71. The lowest BCUT2D eigenvalue weighted by molar-refractivity contribution is -0.0566. The largest absolute Gasteiger partial charge is 0.486 e. The smallest absolute Gasteiger partial charge is 0.191 e. The third-order valence-electron chi connectivity index (χ3n) is 4.38. The normalized spacial score (nSPS) is 17.6. The van der Waals surface area contributed by atoms with Gasteiger partial charge in [0.2, 0.25) is 0 Å². The molecule has 1 fully saturated rings. The van der Waals surface area contributed by atoms with E-state index in [2.05, 4.69) is 15.6 Å². The van der Waals surface area contributed by atoms with Gasteiger partial charge in [0, 0.05) is 32.6 Å². The molecule has 154 valence electrons. The molecule has 0 saturated carbocycles. The number of nitrogens with one attached hydrogen (secondary N) is 2. The molecule has 1 heterocycles. The van der Waals surface area contributed by atoms with Gasteiger partial charge in [0.25, 0.3) is 0 Å². The molecule has 1 unspecified atom stereocenters. The predicted molar refractivity (Wildman–Crippen MR) is 116 cm³/mol. The molecule has 3 N–H and O–H groups in total. The van der Waals surface area contributed by atoms with Gasteiger partial charge < -0.3 is 25.2 Å². The van der Waals surface area contributed by atoms with E-state index in [0.29, 0.717) is 51.6 Å². The van der Waals surface area contributed by atoms with Crippen LogP contribution in [0.5, 0.6) is 5.75 Å². The predicted octanol–water partition coefficient (Wildman–Crippen LogP) is 2.70. The maximum absolute atomic E-state index is 13.8. The van der Waals surface area contributed by atoms with Crippen molar-refractivity contribution in [1.29, 1.82) is 0 Å². The lowest BCUT2D eigenvalue weighted by Crippen LogP contribution is -2.45. The van der Waals surface area contributed by atoms with Gasteiger partial charge in [0.15, 0.2) is 17.5 Å². The van der Waals surface area contributed by atoms with Crippen LogP contribution in [0.1, 0.15) is 33.1 Å². The number of halogens is 2. The van der Waals surface area contributed by atoms with Crippen LogP contribution in [0.4, 0.5) is 4.39 Å². The molecule has 27 heavy (non-hydrogen) atoms. The van der Waals surface area contributed by atoms with E-state index in [1.54, 1.807) is 18.2 Å². The molecule has 0 radical (unpaired) electrons. The molecule has 0 bridgehead atoms. The maximum atomic E-state index is 13.8. The number of benzene rings is 1. The summed E-state index contributed by atoms with van der Waals surface area (Å²) in [5, 5.41) is 16.9. The molecular weight excluding hydrogens is 464 g/mol. The second-order valence-corrected chi connectivity index (χ2v) is 6.49. The third kappa shape index (κ3) is 8.18. The fourth-order valence-electron chi connectivity index (χ4n) is 2.68. The van der Waals surface area contributed by atoms with Crippen LogP contribution >= 0.6 is 24.0 Å². The van der Waals surface area contributed by atoms with Gasteiger partial charge in [0.1, 0.15) is 6.10 Å². The molecule has 1 aliphatic rings. The van der Waals surface area contributed by atoms with E-state index < -0.39 is 5.60 Å². The Hall–Kier alpha value is -1.13. The van der Waals surface area contributed by atoms with Gasteiger partial charge in [0.05, 0.1) is 18.7 Å². The molecule has 2 rings (SSSR count). The monoisotopic (exact) mass is 495 g/mol. The summed E-state index contributed by atoms with van der Waals surface area (Å²) in [7, 11) is 0. The van der Waals surface area contributed by atoms with Gasteiger partial charge in [-0.2, -0.15) is 0 Å². The Kier molecular flexibility index (Phi) is 10.9. The summed E-state index contributed by atoms with van der Waals surface area (Å²) >= 11 is 0. The van der Waals surface area contributed by atoms with Crippen molar-refractivity contribution in [1.82, 2.24) is 10.6 Å². The summed E-state index contributed by atoms with van der Waals surface area (Å²) < 4.78 is 24.8. The van der Waals surface area contributed by atoms with Crippen LogP contribution in [0.15, 0.2) is 29.3 Å². The van der Waals surface area contributed by atoms with Crippen LogP contribution < -0.4 is 15.4 Å².